The fourth-order valence-electron chi connectivity index (χ4n) is 2.74. The first-order valence-electron chi connectivity index (χ1n) is 7.47. The van der Waals surface area contributed by atoms with E-state index in [0.717, 1.165) is 37.7 Å². The molecule has 0 aliphatic carbocycles. The van der Waals surface area contributed by atoms with Crippen LogP contribution in [0.5, 0.6) is 6.01 Å². The van der Waals surface area contributed by atoms with E-state index >= 15 is 0 Å². The summed E-state index contributed by atoms with van der Waals surface area (Å²) in [4.78, 5) is 17.6. The minimum absolute atomic E-state index is 0.431. The molecule has 0 spiro atoms. The molecule has 0 unspecified atom stereocenters. The molecule has 3 heterocycles. The Kier molecular flexibility index (Phi) is 4.09. The average molecular weight is 299 g/mol. The highest BCUT2D eigenvalue weighted by atomic mass is 16.5. The molecule has 1 saturated heterocycles. The van der Waals surface area contributed by atoms with Crippen LogP contribution in [-0.4, -0.2) is 48.2 Å². The molecule has 116 valence electrons. The van der Waals surface area contributed by atoms with Crippen molar-refractivity contribution in [2.24, 2.45) is 0 Å². The largest absolute Gasteiger partial charge is 0.467 e. The number of rotatable bonds is 3. The first-order chi connectivity index (χ1) is 10.7. The SMILES string of the molecule is COc1nc(C)cc(N2CCN(c3cnccc3C)CC2)n1. The monoisotopic (exact) mass is 299 g/mol. The summed E-state index contributed by atoms with van der Waals surface area (Å²) in [6.07, 6.45) is 3.79. The Labute approximate surface area is 130 Å². The zero-order valence-corrected chi connectivity index (χ0v) is 13.3. The molecule has 0 saturated carbocycles. The van der Waals surface area contributed by atoms with Crippen molar-refractivity contribution in [2.45, 2.75) is 13.8 Å². The van der Waals surface area contributed by atoms with Crippen molar-refractivity contribution in [1.29, 1.82) is 0 Å². The minimum Gasteiger partial charge on any atom is -0.467 e. The van der Waals surface area contributed by atoms with Gasteiger partial charge in [0.05, 0.1) is 19.0 Å². The van der Waals surface area contributed by atoms with Gasteiger partial charge in [-0.2, -0.15) is 4.98 Å². The molecule has 0 atom stereocenters. The molecule has 1 fully saturated rings. The summed E-state index contributed by atoms with van der Waals surface area (Å²) < 4.78 is 5.17. The average Bonchev–Trinajstić information content (AvgIpc) is 2.55. The van der Waals surface area contributed by atoms with Crippen molar-refractivity contribution < 1.29 is 4.74 Å². The lowest BCUT2D eigenvalue weighted by atomic mass is 10.2. The Bertz CT molecular complexity index is 653. The quantitative estimate of drug-likeness (QED) is 0.862. The van der Waals surface area contributed by atoms with Crippen LogP contribution in [0.4, 0.5) is 11.5 Å². The number of anilines is 2. The van der Waals surface area contributed by atoms with Gasteiger partial charge in [0, 0.05) is 44.1 Å². The van der Waals surface area contributed by atoms with E-state index in [4.69, 9.17) is 4.74 Å². The standard InChI is InChI=1S/C16H21N5O/c1-12-4-5-17-11-14(12)20-6-8-21(9-7-20)15-10-13(2)18-16(19-15)22-3/h4-5,10-11H,6-9H2,1-3H3. The van der Waals surface area contributed by atoms with Gasteiger partial charge in [-0.25, -0.2) is 4.98 Å². The van der Waals surface area contributed by atoms with Gasteiger partial charge in [0.25, 0.3) is 0 Å². The number of pyridine rings is 1. The van der Waals surface area contributed by atoms with Crippen LogP contribution in [0, 0.1) is 13.8 Å². The highest BCUT2D eigenvalue weighted by Crippen LogP contribution is 2.22. The van der Waals surface area contributed by atoms with Gasteiger partial charge < -0.3 is 14.5 Å². The summed E-state index contributed by atoms with van der Waals surface area (Å²) in [6.45, 7) is 7.85. The molecular formula is C16H21N5O. The van der Waals surface area contributed by atoms with Gasteiger partial charge in [-0.1, -0.05) is 0 Å². The number of nitrogens with zero attached hydrogens (tertiary/aromatic N) is 5. The molecule has 1 aliphatic rings. The molecule has 3 rings (SSSR count). The Morgan fingerprint density at radius 1 is 1.05 bits per heavy atom. The van der Waals surface area contributed by atoms with E-state index in [1.807, 2.05) is 25.4 Å². The Morgan fingerprint density at radius 3 is 2.45 bits per heavy atom. The highest BCUT2D eigenvalue weighted by molar-refractivity contribution is 5.53. The first kappa shape index (κ1) is 14.6. The lowest BCUT2D eigenvalue weighted by Gasteiger charge is -2.37. The summed E-state index contributed by atoms with van der Waals surface area (Å²) in [6, 6.07) is 4.49. The van der Waals surface area contributed by atoms with E-state index in [9.17, 15) is 0 Å². The van der Waals surface area contributed by atoms with Crippen LogP contribution in [0.25, 0.3) is 0 Å². The number of piperazine rings is 1. The van der Waals surface area contributed by atoms with Crippen molar-refractivity contribution in [3.8, 4) is 6.01 Å². The molecule has 0 amide bonds. The first-order valence-corrected chi connectivity index (χ1v) is 7.47. The fraction of sp³-hybridized carbons (Fsp3) is 0.438. The molecule has 22 heavy (non-hydrogen) atoms. The maximum absolute atomic E-state index is 5.17. The number of hydrogen-bond donors (Lipinski definition) is 0. The summed E-state index contributed by atoms with van der Waals surface area (Å²) >= 11 is 0. The highest BCUT2D eigenvalue weighted by Gasteiger charge is 2.20. The summed E-state index contributed by atoms with van der Waals surface area (Å²) in [5, 5.41) is 0. The lowest BCUT2D eigenvalue weighted by molar-refractivity contribution is 0.378. The summed E-state index contributed by atoms with van der Waals surface area (Å²) in [5.41, 5.74) is 3.41. The number of aromatic nitrogens is 3. The van der Waals surface area contributed by atoms with Gasteiger partial charge in [0.1, 0.15) is 5.82 Å². The molecular weight excluding hydrogens is 278 g/mol. The van der Waals surface area contributed by atoms with E-state index in [1.54, 1.807) is 7.11 Å². The number of aryl methyl sites for hydroxylation is 2. The zero-order valence-electron chi connectivity index (χ0n) is 13.3. The van der Waals surface area contributed by atoms with E-state index in [-0.39, 0.29) is 0 Å². The third-order valence-electron chi connectivity index (χ3n) is 3.96. The van der Waals surface area contributed by atoms with Crippen molar-refractivity contribution in [3.63, 3.8) is 0 Å². The molecule has 2 aromatic rings. The third-order valence-corrected chi connectivity index (χ3v) is 3.96. The van der Waals surface area contributed by atoms with Crippen molar-refractivity contribution in [3.05, 3.63) is 35.8 Å². The minimum atomic E-state index is 0.431. The molecule has 0 radical (unpaired) electrons. The second-order valence-corrected chi connectivity index (χ2v) is 5.49. The normalized spacial score (nSPS) is 15.0. The van der Waals surface area contributed by atoms with Gasteiger partial charge in [0.2, 0.25) is 0 Å². The van der Waals surface area contributed by atoms with Gasteiger partial charge in [0.15, 0.2) is 0 Å². The summed E-state index contributed by atoms with van der Waals surface area (Å²) in [7, 11) is 1.60. The maximum atomic E-state index is 5.17. The Morgan fingerprint density at radius 2 is 1.77 bits per heavy atom. The number of ether oxygens (including phenoxy) is 1. The zero-order chi connectivity index (χ0) is 15.5. The van der Waals surface area contributed by atoms with E-state index in [2.05, 4.69) is 37.7 Å². The predicted molar refractivity (Wildman–Crippen MR) is 86.7 cm³/mol. The van der Waals surface area contributed by atoms with Gasteiger partial charge in [-0.05, 0) is 25.5 Å². The Hall–Kier alpha value is -2.37. The van der Waals surface area contributed by atoms with Crippen LogP contribution in [0.1, 0.15) is 11.3 Å². The van der Waals surface area contributed by atoms with Crippen LogP contribution in [0.15, 0.2) is 24.5 Å². The van der Waals surface area contributed by atoms with Crippen molar-refractivity contribution in [1.82, 2.24) is 15.0 Å². The van der Waals surface area contributed by atoms with Crippen LogP contribution < -0.4 is 14.5 Å². The number of methoxy groups -OCH3 is 1. The topological polar surface area (TPSA) is 54.4 Å². The molecule has 0 N–H and O–H groups in total. The van der Waals surface area contributed by atoms with Crippen LogP contribution in [0.2, 0.25) is 0 Å². The molecule has 1 aliphatic heterocycles. The van der Waals surface area contributed by atoms with Gasteiger partial charge >= 0.3 is 6.01 Å². The molecule has 0 bridgehead atoms. The lowest BCUT2D eigenvalue weighted by Crippen LogP contribution is -2.47. The van der Waals surface area contributed by atoms with E-state index < -0.39 is 0 Å². The molecule has 6 heteroatoms. The van der Waals surface area contributed by atoms with E-state index in [1.165, 1.54) is 11.3 Å². The van der Waals surface area contributed by atoms with Gasteiger partial charge in [-0.3, -0.25) is 4.98 Å². The van der Waals surface area contributed by atoms with Crippen LogP contribution in [-0.2, 0) is 0 Å². The predicted octanol–water partition coefficient (Wildman–Crippen LogP) is 1.82. The maximum Gasteiger partial charge on any atom is 0.318 e. The second kappa shape index (κ2) is 6.17. The molecule has 2 aromatic heterocycles. The Balaban J connectivity index is 1.72. The van der Waals surface area contributed by atoms with E-state index in [0.29, 0.717) is 6.01 Å². The van der Waals surface area contributed by atoms with Crippen LogP contribution >= 0.6 is 0 Å². The smallest absolute Gasteiger partial charge is 0.318 e. The summed E-state index contributed by atoms with van der Waals surface area (Å²) in [5.74, 6) is 0.937. The van der Waals surface area contributed by atoms with Crippen molar-refractivity contribution in [2.75, 3.05) is 43.1 Å². The van der Waals surface area contributed by atoms with Crippen LogP contribution in [0.3, 0.4) is 0 Å². The fourth-order valence-corrected chi connectivity index (χ4v) is 2.74. The molecule has 6 nitrogen and oxygen atoms in total. The molecule has 0 aromatic carbocycles. The number of hydrogen-bond acceptors (Lipinski definition) is 6. The third kappa shape index (κ3) is 2.95. The van der Waals surface area contributed by atoms with Gasteiger partial charge in [-0.15, -0.1) is 0 Å². The van der Waals surface area contributed by atoms with Crippen molar-refractivity contribution >= 4 is 11.5 Å². The second-order valence-electron chi connectivity index (χ2n) is 5.49.